The first kappa shape index (κ1) is 19.0. The van der Waals surface area contributed by atoms with E-state index in [1.165, 1.54) is 4.90 Å². The molecule has 0 saturated carbocycles. The van der Waals surface area contributed by atoms with Crippen molar-refractivity contribution in [1.82, 2.24) is 0 Å². The monoisotopic (exact) mass is 347 g/mol. The summed E-state index contributed by atoms with van der Waals surface area (Å²) in [5.41, 5.74) is 0.943. The van der Waals surface area contributed by atoms with Crippen LogP contribution >= 0.6 is 0 Å². The molecule has 2 unspecified atom stereocenters. The lowest BCUT2D eigenvalue weighted by atomic mass is 10.0. The van der Waals surface area contributed by atoms with Gasteiger partial charge in [-0.25, -0.2) is 0 Å². The second-order valence-electron chi connectivity index (χ2n) is 6.25. The Kier molecular flexibility index (Phi) is 6.17. The van der Waals surface area contributed by atoms with Gasteiger partial charge in [-0.15, -0.1) is 0 Å². The van der Waals surface area contributed by atoms with E-state index in [-0.39, 0.29) is 24.3 Å². The molecule has 6 nitrogen and oxygen atoms in total. The minimum atomic E-state index is -0.693. The molecule has 1 aromatic carbocycles. The van der Waals surface area contributed by atoms with Crippen LogP contribution in [0.3, 0.4) is 0 Å². The van der Waals surface area contributed by atoms with Gasteiger partial charge in [-0.3, -0.25) is 19.3 Å². The standard InChI is InChI=1S/C19H25NO5/c1-5-7-16(21)14-8-9-17-15(10-14)20(19(23)13(4)25-17)11-18(22)24-12(3)6-2/h8-10,12-13H,5-7,11H2,1-4H3. The first-order valence-corrected chi connectivity index (χ1v) is 8.72. The van der Waals surface area contributed by atoms with Crippen molar-refractivity contribution in [2.75, 3.05) is 11.4 Å². The summed E-state index contributed by atoms with van der Waals surface area (Å²) in [6, 6.07) is 4.98. The first-order valence-electron chi connectivity index (χ1n) is 8.72. The molecule has 0 bridgehead atoms. The number of hydrogen-bond acceptors (Lipinski definition) is 5. The number of Topliss-reactive ketones (excluding diaryl/α,β-unsaturated/α-hetero) is 1. The van der Waals surface area contributed by atoms with E-state index < -0.39 is 12.1 Å². The van der Waals surface area contributed by atoms with Crippen LogP contribution in [0.4, 0.5) is 5.69 Å². The zero-order chi connectivity index (χ0) is 18.6. The number of ether oxygens (including phenoxy) is 2. The molecule has 1 amide bonds. The smallest absolute Gasteiger partial charge is 0.326 e. The largest absolute Gasteiger partial charge is 0.479 e. The summed E-state index contributed by atoms with van der Waals surface area (Å²) >= 11 is 0. The van der Waals surface area contributed by atoms with Crippen molar-refractivity contribution < 1.29 is 23.9 Å². The van der Waals surface area contributed by atoms with Gasteiger partial charge in [0.25, 0.3) is 5.91 Å². The predicted molar refractivity (Wildman–Crippen MR) is 94.0 cm³/mol. The Hall–Kier alpha value is -2.37. The summed E-state index contributed by atoms with van der Waals surface area (Å²) in [6.45, 7) is 7.09. The van der Waals surface area contributed by atoms with Crippen LogP contribution in [0.5, 0.6) is 5.75 Å². The average molecular weight is 347 g/mol. The summed E-state index contributed by atoms with van der Waals surface area (Å²) in [5, 5.41) is 0. The molecule has 0 saturated heterocycles. The van der Waals surface area contributed by atoms with E-state index in [0.29, 0.717) is 29.8 Å². The van der Waals surface area contributed by atoms with Crippen molar-refractivity contribution in [3.8, 4) is 5.75 Å². The molecule has 1 aromatic rings. The highest BCUT2D eigenvalue weighted by Gasteiger charge is 2.33. The van der Waals surface area contributed by atoms with E-state index in [1.54, 1.807) is 32.0 Å². The molecule has 0 N–H and O–H groups in total. The fourth-order valence-electron chi connectivity index (χ4n) is 2.59. The van der Waals surface area contributed by atoms with Gasteiger partial charge in [-0.1, -0.05) is 13.8 Å². The Balaban J connectivity index is 2.30. The predicted octanol–water partition coefficient (Wildman–Crippen LogP) is 3.13. The van der Waals surface area contributed by atoms with Gasteiger partial charge in [-0.2, -0.15) is 0 Å². The van der Waals surface area contributed by atoms with Crippen LogP contribution in [-0.4, -0.2) is 36.4 Å². The molecule has 0 radical (unpaired) electrons. The third-order valence-electron chi connectivity index (χ3n) is 4.16. The summed E-state index contributed by atoms with van der Waals surface area (Å²) in [4.78, 5) is 38.1. The number of ketones is 1. The second-order valence-corrected chi connectivity index (χ2v) is 6.25. The highest BCUT2D eigenvalue weighted by Crippen LogP contribution is 2.35. The third-order valence-corrected chi connectivity index (χ3v) is 4.16. The van der Waals surface area contributed by atoms with Gasteiger partial charge in [0.05, 0.1) is 11.8 Å². The molecule has 2 atom stereocenters. The molecule has 6 heteroatoms. The van der Waals surface area contributed by atoms with Gasteiger partial charge in [0.1, 0.15) is 12.3 Å². The lowest BCUT2D eigenvalue weighted by molar-refractivity contribution is -0.147. The number of rotatable bonds is 7. The molecule has 1 heterocycles. The number of benzene rings is 1. The summed E-state index contributed by atoms with van der Waals surface area (Å²) in [6.07, 6.45) is 0.970. The molecule has 1 aliphatic rings. The number of carbonyl (C=O) groups excluding carboxylic acids is 3. The van der Waals surface area contributed by atoms with Crippen molar-refractivity contribution in [1.29, 1.82) is 0 Å². The van der Waals surface area contributed by atoms with Crippen molar-refractivity contribution in [2.24, 2.45) is 0 Å². The number of amides is 1. The number of hydrogen-bond donors (Lipinski definition) is 0. The summed E-state index contributed by atoms with van der Waals surface area (Å²) in [7, 11) is 0. The highest BCUT2D eigenvalue weighted by atomic mass is 16.5. The molecular formula is C19H25NO5. The van der Waals surface area contributed by atoms with Gasteiger partial charge in [-0.05, 0) is 44.9 Å². The zero-order valence-electron chi connectivity index (χ0n) is 15.2. The highest BCUT2D eigenvalue weighted by molar-refractivity contribution is 6.05. The van der Waals surface area contributed by atoms with Crippen LogP contribution in [0.25, 0.3) is 0 Å². The Morgan fingerprint density at radius 2 is 2.04 bits per heavy atom. The van der Waals surface area contributed by atoms with Crippen molar-refractivity contribution in [3.63, 3.8) is 0 Å². The summed E-state index contributed by atoms with van der Waals surface area (Å²) in [5.74, 6) is -0.322. The zero-order valence-corrected chi connectivity index (χ0v) is 15.2. The van der Waals surface area contributed by atoms with E-state index in [2.05, 4.69) is 0 Å². The SMILES string of the molecule is CCCC(=O)c1ccc2c(c1)N(CC(=O)OC(C)CC)C(=O)C(C)O2. The number of nitrogens with zero attached hydrogens (tertiary/aromatic N) is 1. The molecule has 0 fully saturated rings. The Morgan fingerprint density at radius 1 is 1.32 bits per heavy atom. The minimum absolute atomic E-state index is 0.00139. The fraction of sp³-hybridized carbons (Fsp3) is 0.526. The van der Waals surface area contributed by atoms with Crippen LogP contribution in [0, 0.1) is 0 Å². The minimum Gasteiger partial charge on any atom is -0.479 e. The number of anilines is 1. The lowest BCUT2D eigenvalue weighted by Gasteiger charge is -2.32. The lowest BCUT2D eigenvalue weighted by Crippen LogP contribution is -2.47. The van der Waals surface area contributed by atoms with Crippen LogP contribution in [0.15, 0.2) is 18.2 Å². The van der Waals surface area contributed by atoms with E-state index in [1.807, 2.05) is 13.8 Å². The van der Waals surface area contributed by atoms with Gasteiger partial charge >= 0.3 is 5.97 Å². The molecule has 2 rings (SSSR count). The Morgan fingerprint density at radius 3 is 2.68 bits per heavy atom. The van der Waals surface area contributed by atoms with E-state index >= 15 is 0 Å². The van der Waals surface area contributed by atoms with Gasteiger partial charge in [0.2, 0.25) is 0 Å². The van der Waals surface area contributed by atoms with Crippen molar-refractivity contribution in [3.05, 3.63) is 23.8 Å². The fourth-order valence-corrected chi connectivity index (χ4v) is 2.59. The van der Waals surface area contributed by atoms with E-state index in [9.17, 15) is 14.4 Å². The first-order chi connectivity index (χ1) is 11.9. The molecule has 1 aliphatic heterocycles. The average Bonchev–Trinajstić information content (AvgIpc) is 2.58. The number of esters is 1. The summed E-state index contributed by atoms with van der Waals surface area (Å²) < 4.78 is 10.9. The Labute approximate surface area is 148 Å². The number of carbonyl (C=O) groups is 3. The molecule has 136 valence electrons. The Bertz CT molecular complexity index is 670. The van der Waals surface area contributed by atoms with Crippen molar-refractivity contribution in [2.45, 2.75) is 59.2 Å². The van der Waals surface area contributed by atoms with Gasteiger partial charge in [0, 0.05) is 12.0 Å². The molecule has 0 spiro atoms. The maximum absolute atomic E-state index is 12.5. The van der Waals surface area contributed by atoms with Gasteiger partial charge < -0.3 is 9.47 Å². The van der Waals surface area contributed by atoms with E-state index in [4.69, 9.17) is 9.47 Å². The third kappa shape index (κ3) is 4.38. The van der Waals surface area contributed by atoms with Gasteiger partial charge in [0.15, 0.2) is 11.9 Å². The molecule has 0 aliphatic carbocycles. The maximum Gasteiger partial charge on any atom is 0.326 e. The quantitative estimate of drug-likeness (QED) is 0.560. The molecule has 25 heavy (non-hydrogen) atoms. The topological polar surface area (TPSA) is 72.9 Å². The van der Waals surface area contributed by atoms with Crippen LogP contribution in [-0.2, 0) is 14.3 Å². The van der Waals surface area contributed by atoms with Crippen molar-refractivity contribution >= 4 is 23.3 Å². The van der Waals surface area contributed by atoms with Crippen LogP contribution in [0.1, 0.15) is 57.3 Å². The maximum atomic E-state index is 12.5. The second kappa shape index (κ2) is 8.14. The molecular weight excluding hydrogens is 322 g/mol. The van der Waals surface area contributed by atoms with Crippen LogP contribution in [0.2, 0.25) is 0 Å². The molecule has 0 aromatic heterocycles. The van der Waals surface area contributed by atoms with Crippen LogP contribution < -0.4 is 9.64 Å². The van der Waals surface area contributed by atoms with E-state index in [0.717, 1.165) is 6.42 Å². The number of fused-ring (bicyclic) bond motifs is 1. The normalized spacial score (nSPS) is 17.5.